The first-order chi connectivity index (χ1) is 8.10. The van der Waals surface area contributed by atoms with Crippen molar-refractivity contribution >= 4 is 5.69 Å². The first-order valence-corrected chi connectivity index (χ1v) is 6.34. The topological polar surface area (TPSA) is 35.8 Å². The molecule has 2 rings (SSSR count). The highest BCUT2D eigenvalue weighted by Crippen LogP contribution is 2.45. The van der Waals surface area contributed by atoms with Gasteiger partial charge in [-0.05, 0) is 31.4 Å². The fourth-order valence-electron chi connectivity index (χ4n) is 2.74. The number of nitrogens with one attached hydrogen (secondary N) is 1. The molecule has 2 heteroatoms. The van der Waals surface area contributed by atoms with Gasteiger partial charge in [-0.1, -0.05) is 38.5 Å². The molecule has 1 aliphatic rings. The smallest absolute Gasteiger partial charge is 0.130 e. The number of rotatable bonds is 2. The molecule has 1 N–H and O–H groups in total. The number of anilines is 1. The Balaban J connectivity index is 2.29. The summed E-state index contributed by atoms with van der Waals surface area (Å²) in [6.07, 6.45) is 4.41. The van der Waals surface area contributed by atoms with Crippen molar-refractivity contribution in [2.24, 2.45) is 5.41 Å². The molecule has 1 aliphatic carbocycles. The van der Waals surface area contributed by atoms with Crippen LogP contribution in [0.4, 0.5) is 5.69 Å². The minimum absolute atomic E-state index is 0.0237. The third kappa shape index (κ3) is 2.15. The zero-order valence-electron chi connectivity index (χ0n) is 10.7. The lowest BCUT2D eigenvalue weighted by molar-refractivity contribution is 0.164. The SMILES string of the molecule is CC1(C)CCCCC1(C#N)Nc1ccccc1. The summed E-state index contributed by atoms with van der Waals surface area (Å²) in [7, 11) is 0. The van der Waals surface area contributed by atoms with Crippen molar-refractivity contribution in [2.45, 2.75) is 45.1 Å². The summed E-state index contributed by atoms with van der Waals surface area (Å²) < 4.78 is 0. The zero-order valence-corrected chi connectivity index (χ0v) is 10.7. The zero-order chi connectivity index (χ0) is 12.4. The number of hydrogen-bond donors (Lipinski definition) is 1. The molecule has 90 valence electrons. The van der Waals surface area contributed by atoms with Crippen LogP contribution in [-0.4, -0.2) is 5.54 Å². The number of nitrogens with zero attached hydrogens (tertiary/aromatic N) is 1. The van der Waals surface area contributed by atoms with Crippen molar-refractivity contribution in [2.75, 3.05) is 5.32 Å². The average Bonchev–Trinajstić information content (AvgIpc) is 2.33. The normalized spacial score (nSPS) is 27.1. The van der Waals surface area contributed by atoms with E-state index in [1.165, 1.54) is 6.42 Å². The minimum atomic E-state index is -0.424. The van der Waals surface area contributed by atoms with E-state index >= 15 is 0 Å². The van der Waals surface area contributed by atoms with Crippen LogP contribution in [0.1, 0.15) is 39.5 Å². The van der Waals surface area contributed by atoms with Gasteiger partial charge >= 0.3 is 0 Å². The summed E-state index contributed by atoms with van der Waals surface area (Å²) in [6, 6.07) is 12.6. The molecule has 0 bridgehead atoms. The quantitative estimate of drug-likeness (QED) is 0.831. The molecule has 0 aliphatic heterocycles. The van der Waals surface area contributed by atoms with Crippen molar-refractivity contribution in [1.29, 1.82) is 5.26 Å². The summed E-state index contributed by atoms with van der Waals surface area (Å²) >= 11 is 0. The van der Waals surface area contributed by atoms with Crippen LogP contribution in [0.25, 0.3) is 0 Å². The van der Waals surface area contributed by atoms with Crippen LogP contribution in [0.15, 0.2) is 30.3 Å². The molecule has 1 unspecified atom stereocenters. The Hall–Kier alpha value is -1.49. The monoisotopic (exact) mass is 228 g/mol. The second-order valence-corrected chi connectivity index (χ2v) is 5.60. The van der Waals surface area contributed by atoms with Gasteiger partial charge in [0.2, 0.25) is 0 Å². The van der Waals surface area contributed by atoms with E-state index in [0.29, 0.717) is 0 Å². The first kappa shape index (κ1) is 12.0. The molecule has 1 aromatic rings. The van der Waals surface area contributed by atoms with Gasteiger partial charge in [-0.15, -0.1) is 0 Å². The van der Waals surface area contributed by atoms with Crippen molar-refractivity contribution in [3.63, 3.8) is 0 Å². The fraction of sp³-hybridized carbons (Fsp3) is 0.533. The largest absolute Gasteiger partial charge is 0.367 e. The Bertz CT molecular complexity index is 416. The lowest BCUT2D eigenvalue weighted by Gasteiger charge is -2.46. The molecule has 0 saturated heterocycles. The maximum Gasteiger partial charge on any atom is 0.130 e. The highest BCUT2D eigenvalue weighted by Gasteiger charge is 2.47. The van der Waals surface area contributed by atoms with Crippen LogP contribution >= 0.6 is 0 Å². The van der Waals surface area contributed by atoms with Gasteiger partial charge in [-0.3, -0.25) is 0 Å². The van der Waals surface area contributed by atoms with Crippen LogP contribution in [-0.2, 0) is 0 Å². The van der Waals surface area contributed by atoms with Crippen LogP contribution in [0, 0.1) is 16.7 Å². The number of hydrogen-bond acceptors (Lipinski definition) is 2. The van der Waals surface area contributed by atoms with E-state index < -0.39 is 5.54 Å². The molecule has 1 atom stereocenters. The Morgan fingerprint density at radius 3 is 2.35 bits per heavy atom. The predicted molar refractivity (Wildman–Crippen MR) is 70.7 cm³/mol. The second-order valence-electron chi connectivity index (χ2n) is 5.60. The molecular weight excluding hydrogens is 208 g/mol. The summed E-state index contributed by atoms with van der Waals surface area (Å²) in [4.78, 5) is 0. The van der Waals surface area contributed by atoms with Crippen molar-refractivity contribution in [1.82, 2.24) is 0 Å². The molecule has 0 spiro atoms. The molecule has 1 saturated carbocycles. The standard InChI is InChI=1S/C15H20N2/c1-14(2)10-6-7-11-15(14,12-16)17-13-8-4-3-5-9-13/h3-5,8-9,17H,6-7,10-11H2,1-2H3. The Labute approximate surface area is 104 Å². The Morgan fingerprint density at radius 2 is 1.76 bits per heavy atom. The van der Waals surface area contributed by atoms with Gasteiger partial charge in [0.25, 0.3) is 0 Å². The number of para-hydroxylation sites is 1. The van der Waals surface area contributed by atoms with Crippen molar-refractivity contribution in [3.05, 3.63) is 30.3 Å². The lowest BCUT2D eigenvalue weighted by Crippen LogP contribution is -2.52. The van der Waals surface area contributed by atoms with E-state index in [9.17, 15) is 5.26 Å². The summed E-state index contributed by atoms with van der Waals surface area (Å²) in [5.74, 6) is 0. The average molecular weight is 228 g/mol. The van der Waals surface area contributed by atoms with Crippen molar-refractivity contribution in [3.8, 4) is 6.07 Å². The van der Waals surface area contributed by atoms with Gasteiger partial charge in [0, 0.05) is 11.1 Å². The highest BCUT2D eigenvalue weighted by molar-refractivity contribution is 5.48. The summed E-state index contributed by atoms with van der Waals surface area (Å²) in [5, 5.41) is 13.1. The van der Waals surface area contributed by atoms with Gasteiger partial charge in [-0.25, -0.2) is 0 Å². The van der Waals surface area contributed by atoms with Crippen LogP contribution in [0.3, 0.4) is 0 Å². The van der Waals surface area contributed by atoms with Gasteiger partial charge in [-0.2, -0.15) is 5.26 Å². The maximum absolute atomic E-state index is 9.63. The van der Waals surface area contributed by atoms with Gasteiger partial charge in [0.05, 0.1) is 6.07 Å². The predicted octanol–water partition coefficient (Wildman–Crippen LogP) is 3.96. The van der Waals surface area contributed by atoms with Gasteiger partial charge in [0.1, 0.15) is 5.54 Å². The molecule has 2 nitrogen and oxygen atoms in total. The van der Waals surface area contributed by atoms with E-state index in [1.54, 1.807) is 0 Å². The third-order valence-corrected chi connectivity index (χ3v) is 4.08. The molecule has 1 aromatic carbocycles. The number of nitriles is 1. The highest BCUT2D eigenvalue weighted by atomic mass is 15.0. The Kier molecular flexibility index (Phi) is 3.11. The third-order valence-electron chi connectivity index (χ3n) is 4.08. The van der Waals surface area contributed by atoms with E-state index in [4.69, 9.17) is 0 Å². The molecule has 0 heterocycles. The lowest BCUT2D eigenvalue weighted by atomic mass is 9.63. The minimum Gasteiger partial charge on any atom is -0.367 e. The molecule has 0 aromatic heterocycles. The maximum atomic E-state index is 9.63. The molecular formula is C15H20N2. The molecule has 1 fully saturated rings. The van der Waals surface area contributed by atoms with Gasteiger partial charge < -0.3 is 5.32 Å². The number of benzene rings is 1. The Morgan fingerprint density at radius 1 is 1.12 bits per heavy atom. The van der Waals surface area contributed by atoms with E-state index in [-0.39, 0.29) is 5.41 Å². The fourth-order valence-corrected chi connectivity index (χ4v) is 2.74. The van der Waals surface area contributed by atoms with E-state index in [2.05, 4.69) is 25.2 Å². The molecule has 0 radical (unpaired) electrons. The first-order valence-electron chi connectivity index (χ1n) is 6.34. The van der Waals surface area contributed by atoms with Crippen LogP contribution in [0.5, 0.6) is 0 Å². The second kappa shape index (κ2) is 4.41. The van der Waals surface area contributed by atoms with Crippen LogP contribution in [0.2, 0.25) is 0 Å². The van der Waals surface area contributed by atoms with Crippen molar-refractivity contribution < 1.29 is 0 Å². The molecule has 0 amide bonds. The molecule has 17 heavy (non-hydrogen) atoms. The summed E-state index contributed by atoms with van der Waals surface area (Å²) in [6.45, 7) is 4.40. The van der Waals surface area contributed by atoms with E-state index in [1.807, 2.05) is 30.3 Å². The van der Waals surface area contributed by atoms with Crippen LogP contribution < -0.4 is 5.32 Å². The summed E-state index contributed by atoms with van der Waals surface area (Å²) in [5.41, 5.74) is 0.645. The van der Waals surface area contributed by atoms with Gasteiger partial charge in [0.15, 0.2) is 0 Å². The van der Waals surface area contributed by atoms with E-state index in [0.717, 1.165) is 24.9 Å².